The molecule has 3 atom stereocenters. The quantitative estimate of drug-likeness (QED) is 0.691. The minimum absolute atomic E-state index is 0.0643. The minimum Gasteiger partial charge on any atom is -0.299 e. The SMILES string of the molecule is CC(CC#N)C(=O)C1CCCCC1C. The van der Waals surface area contributed by atoms with E-state index in [9.17, 15) is 4.79 Å². The Hall–Kier alpha value is -0.840. The molecule has 2 heteroatoms. The average molecular weight is 193 g/mol. The maximum atomic E-state index is 11.9. The minimum atomic E-state index is -0.0643. The van der Waals surface area contributed by atoms with Crippen LogP contribution in [0.1, 0.15) is 46.0 Å². The van der Waals surface area contributed by atoms with Crippen LogP contribution in [0.25, 0.3) is 0 Å². The molecule has 3 unspecified atom stereocenters. The lowest BCUT2D eigenvalue weighted by Crippen LogP contribution is -2.29. The number of carbonyl (C=O) groups excluding carboxylic acids is 1. The van der Waals surface area contributed by atoms with Crippen molar-refractivity contribution < 1.29 is 4.79 Å². The first-order chi connectivity index (χ1) is 6.66. The molecule has 14 heavy (non-hydrogen) atoms. The van der Waals surface area contributed by atoms with E-state index >= 15 is 0 Å². The fraction of sp³-hybridized carbons (Fsp3) is 0.833. The molecule has 0 spiro atoms. The molecule has 0 aromatic carbocycles. The van der Waals surface area contributed by atoms with Gasteiger partial charge in [-0.25, -0.2) is 0 Å². The summed E-state index contributed by atoms with van der Waals surface area (Å²) >= 11 is 0. The molecule has 1 aliphatic carbocycles. The van der Waals surface area contributed by atoms with E-state index in [4.69, 9.17) is 5.26 Å². The van der Waals surface area contributed by atoms with Gasteiger partial charge in [-0.1, -0.05) is 33.1 Å². The Kier molecular flexibility index (Phi) is 4.13. The molecular weight excluding hydrogens is 174 g/mol. The second-order valence-electron chi connectivity index (χ2n) is 4.53. The van der Waals surface area contributed by atoms with Crippen molar-refractivity contribution >= 4 is 5.78 Å². The van der Waals surface area contributed by atoms with Crippen LogP contribution in [0.15, 0.2) is 0 Å². The number of nitriles is 1. The molecular formula is C12H19NO. The van der Waals surface area contributed by atoms with Gasteiger partial charge >= 0.3 is 0 Å². The van der Waals surface area contributed by atoms with Crippen LogP contribution in [0.2, 0.25) is 0 Å². The molecule has 0 aliphatic heterocycles. The summed E-state index contributed by atoms with van der Waals surface area (Å²) in [5.41, 5.74) is 0. The fourth-order valence-electron chi connectivity index (χ4n) is 2.34. The number of carbonyl (C=O) groups is 1. The van der Waals surface area contributed by atoms with Crippen LogP contribution in [0, 0.1) is 29.1 Å². The molecule has 1 aliphatic rings. The van der Waals surface area contributed by atoms with E-state index in [0.29, 0.717) is 18.1 Å². The molecule has 0 amide bonds. The first-order valence-corrected chi connectivity index (χ1v) is 5.57. The highest BCUT2D eigenvalue weighted by atomic mass is 16.1. The van der Waals surface area contributed by atoms with Crippen molar-refractivity contribution in [1.82, 2.24) is 0 Å². The molecule has 1 rings (SSSR count). The van der Waals surface area contributed by atoms with Crippen LogP contribution in [-0.4, -0.2) is 5.78 Å². The van der Waals surface area contributed by atoms with Crippen LogP contribution < -0.4 is 0 Å². The number of hydrogen-bond donors (Lipinski definition) is 0. The van der Waals surface area contributed by atoms with E-state index in [1.807, 2.05) is 6.92 Å². The highest BCUT2D eigenvalue weighted by Gasteiger charge is 2.30. The maximum absolute atomic E-state index is 11.9. The molecule has 2 nitrogen and oxygen atoms in total. The van der Waals surface area contributed by atoms with Crippen LogP contribution in [0.5, 0.6) is 0 Å². The summed E-state index contributed by atoms with van der Waals surface area (Å²) in [6, 6.07) is 2.08. The van der Waals surface area contributed by atoms with Crippen LogP contribution in [-0.2, 0) is 4.79 Å². The highest BCUT2D eigenvalue weighted by Crippen LogP contribution is 2.32. The predicted octanol–water partition coefficient (Wildman–Crippen LogP) is 2.93. The molecule has 78 valence electrons. The monoisotopic (exact) mass is 193 g/mol. The van der Waals surface area contributed by atoms with Crippen molar-refractivity contribution in [3.8, 4) is 6.07 Å². The van der Waals surface area contributed by atoms with Gasteiger partial charge < -0.3 is 0 Å². The molecule has 0 heterocycles. The number of rotatable bonds is 3. The first-order valence-electron chi connectivity index (χ1n) is 5.57. The summed E-state index contributed by atoms with van der Waals surface area (Å²) in [5.74, 6) is 1.01. The lowest BCUT2D eigenvalue weighted by atomic mass is 9.75. The molecule has 0 N–H and O–H groups in total. The molecule has 1 saturated carbocycles. The number of ketones is 1. The summed E-state index contributed by atoms with van der Waals surface area (Å²) < 4.78 is 0. The van der Waals surface area contributed by atoms with E-state index in [1.54, 1.807) is 0 Å². The molecule has 0 radical (unpaired) electrons. The van der Waals surface area contributed by atoms with E-state index in [2.05, 4.69) is 13.0 Å². The Balaban J connectivity index is 2.54. The van der Waals surface area contributed by atoms with Gasteiger partial charge in [0.2, 0.25) is 0 Å². The van der Waals surface area contributed by atoms with Crippen molar-refractivity contribution in [3.63, 3.8) is 0 Å². The second-order valence-corrected chi connectivity index (χ2v) is 4.53. The maximum Gasteiger partial charge on any atom is 0.140 e. The summed E-state index contributed by atoms with van der Waals surface area (Å²) in [6.07, 6.45) is 5.03. The zero-order valence-corrected chi connectivity index (χ0v) is 9.12. The summed E-state index contributed by atoms with van der Waals surface area (Å²) in [7, 11) is 0. The van der Waals surface area contributed by atoms with Gasteiger partial charge in [-0.3, -0.25) is 4.79 Å². The van der Waals surface area contributed by atoms with Crippen molar-refractivity contribution in [2.45, 2.75) is 46.0 Å². The Morgan fingerprint density at radius 1 is 1.50 bits per heavy atom. The fourth-order valence-corrected chi connectivity index (χ4v) is 2.34. The predicted molar refractivity (Wildman–Crippen MR) is 55.5 cm³/mol. The van der Waals surface area contributed by atoms with E-state index in [-0.39, 0.29) is 11.8 Å². The van der Waals surface area contributed by atoms with Crippen LogP contribution in [0.4, 0.5) is 0 Å². The lowest BCUT2D eigenvalue weighted by molar-refractivity contribution is -0.128. The second kappa shape index (κ2) is 5.14. The normalized spacial score (nSPS) is 29.2. The number of nitrogens with zero attached hydrogens (tertiary/aromatic N) is 1. The largest absolute Gasteiger partial charge is 0.299 e. The van der Waals surface area contributed by atoms with Gasteiger partial charge in [0.05, 0.1) is 6.07 Å². The van der Waals surface area contributed by atoms with Crippen molar-refractivity contribution in [2.75, 3.05) is 0 Å². The van der Waals surface area contributed by atoms with Crippen LogP contribution in [0.3, 0.4) is 0 Å². The zero-order valence-electron chi connectivity index (χ0n) is 9.12. The molecule has 0 saturated heterocycles. The smallest absolute Gasteiger partial charge is 0.140 e. The van der Waals surface area contributed by atoms with Gasteiger partial charge in [-0.05, 0) is 12.3 Å². The summed E-state index contributed by atoms with van der Waals surface area (Å²) in [4.78, 5) is 11.9. The highest BCUT2D eigenvalue weighted by molar-refractivity contribution is 5.83. The third-order valence-electron chi connectivity index (χ3n) is 3.36. The molecule has 0 aromatic rings. The third kappa shape index (κ3) is 2.57. The van der Waals surface area contributed by atoms with Gasteiger partial charge in [-0.15, -0.1) is 0 Å². The van der Waals surface area contributed by atoms with E-state index in [0.717, 1.165) is 6.42 Å². The van der Waals surface area contributed by atoms with Crippen LogP contribution >= 0.6 is 0 Å². The van der Waals surface area contributed by atoms with Gasteiger partial charge in [0.15, 0.2) is 0 Å². The summed E-state index contributed by atoms with van der Waals surface area (Å²) in [6.45, 7) is 4.05. The Morgan fingerprint density at radius 2 is 2.14 bits per heavy atom. The van der Waals surface area contributed by atoms with Gasteiger partial charge in [0.25, 0.3) is 0 Å². The van der Waals surface area contributed by atoms with E-state index < -0.39 is 0 Å². The van der Waals surface area contributed by atoms with Crippen molar-refractivity contribution in [3.05, 3.63) is 0 Å². The lowest BCUT2D eigenvalue weighted by Gasteiger charge is -2.29. The Bertz CT molecular complexity index is 241. The van der Waals surface area contributed by atoms with Gasteiger partial charge in [0, 0.05) is 18.3 Å². The first kappa shape index (κ1) is 11.2. The van der Waals surface area contributed by atoms with Gasteiger partial charge in [0.1, 0.15) is 5.78 Å². The van der Waals surface area contributed by atoms with Crippen molar-refractivity contribution in [2.24, 2.45) is 17.8 Å². The van der Waals surface area contributed by atoms with Crippen molar-refractivity contribution in [1.29, 1.82) is 5.26 Å². The number of Topliss-reactive ketones (excluding diaryl/α,β-unsaturated/α-hetero) is 1. The third-order valence-corrected chi connectivity index (χ3v) is 3.36. The molecule has 0 aromatic heterocycles. The number of hydrogen-bond acceptors (Lipinski definition) is 2. The Labute approximate surface area is 86.3 Å². The molecule has 1 fully saturated rings. The molecule has 0 bridgehead atoms. The average Bonchev–Trinajstić information content (AvgIpc) is 2.18. The topological polar surface area (TPSA) is 40.9 Å². The van der Waals surface area contributed by atoms with Gasteiger partial charge in [-0.2, -0.15) is 5.26 Å². The zero-order chi connectivity index (χ0) is 10.6. The Morgan fingerprint density at radius 3 is 2.71 bits per heavy atom. The summed E-state index contributed by atoms with van der Waals surface area (Å²) in [5, 5.41) is 8.55. The standard InChI is InChI=1S/C12H19NO/c1-9-5-3-4-6-11(9)12(14)10(2)7-8-13/h9-11H,3-7H2,1-2H3. The van der Waals surface area contributed by atoms with E-state index in [1.165, 1.54) is 19.3 Å².